The van der Waals surface area contributed by atoms with Crippen molar-refractivity contribution in [3.05, 3.63) is 84.1 Å². The fraction of sp³-hybridized carbons (Fsp3) is 0.459. The van der Waals surface area contributed by atoms with Crippen LogP contribution in [0.25, 0.3) is 10.8 Å². The first-order chi connectivity index (χ1) is 23.7. The molecule has 1 saturated heterocycles. The SMILES string of the molecule is O=C1N[C@]2(C(=O)NS(=O)(=O)C3CC3)C/C2=C\CCCCCC[C@H](NCc2ccccc2)C(=O)N2C[C@H](Oc3nccc4ccccc34)C[C@@H]12. The Bertz CT molecular complexity index is 1860. The lowest BCUT2D eigenvalue weighted by molar-refractivity contribution is -0.141. The number of nitrogens with zero attached hydrogens (tertiary/aromatic N) is 2. The zero-order valence-corrected chi connectivity index (χ0v) is 28.3. The van der Waals surface area contributed by atoms with Gasteiger partial charge in [-0.25, -0.2) is 13.4 Å². The zero-order valence-electron chi connectivity index (χ0n) is 27.5. The number of allylic oxidation sites excluding steroid dienone is 1. The van der Waals surface area contributed by atoms with Crippen molar-refractivity contribution in [2.24, 2.45) is 0 Å². The summed E-state index contributed by atoms with van der Waals surface area (Å²) in [5.41, 5.74) is 0.284. The van der Waals surface area contributed by atoms with Gasteiger partial charge in [-0.05, 0) is 60.8 Å². The Morgan fingerprint density at radius 2 is 1.76 bits per heavy atom. The molecule has 12 heteroatoms. The number of carbonyl (C=O) groups excluding carboxylic acids is 3. The summed E-state index contributed by atoms with van der Waals surface area (Å²) >= 11 is 0. The van der Waals surface area contributed by atoms with Crippen LogP contribution in [0.3, 0.4) is 0 Å². The third-order valence-corrected chi connectivity index (χ3v) is 11.9. The lowest BCUT2D eigenvalue weighted by Crippen LogP contribution is -2.57. The molecule has 7 rings (SSSR count). The van der Waals surface area contributed by atoms with Gasteiger partial charge in [0.1, 0.15) is 17.7 Å². The fourth-order valence-electron chi connectivity index (χ4n) is 7.06. The van der Waals surface area contributed by atoms with E-state index in [9.17, 15) is 22.8 Å². The second-order valence-corrected chi connectivity index (χ2v) is 15.7. The molecule has 3 aromatic rings. The van der Waals surface area contributed by atoms with Crippen LogP contribution in [0.1, 0.15) is 69.8 Å². The molecule has 2 aromatic carbocycles. The summed E-state index contributed by atoms with van der Waals surface area (Å²) in [5.74, 6) is -1.03. The van der Waals surface area contributed by atoms with E-state index in [4.69, 9.17) is 4.74 Å². The number of hydrogen-bond acceptors (Lipinski definition) is 8. The number of amides is 3. The molecule has 3 amide bonds. The Morgan fingerprint density at radius 1 is 0.980 bits per heavy atom. The minimum Gasteiger partial charge on any atom is -0.472 e. The molecule has 3 fully saturated rings. The topological polar surface area (TPSA) is 147 Å². The molecular formula is C37H43N5O6S. The van der Waals surface area contributed by atoms with Crippen LogP contribution in [-0.2, 0) is 31.0 Å². The van der Waals surface area contributed by atoms with Crippen molar-refractivity contribution < 1.29 is 27.5 Å². The summed E-state index contributed by atoms with van der Waals surface area (Å²) in [6.07, 6.45) is 9.47. The lowest BCUT2D eigenvalue weighted by atomic mass is 10.0. The predicted molar refractivity (Wildman–Crippen MR) is 185 cm³/mol. The highest BCUT2D eigenvalue weighted by molar-refractivity contribution is 7.91. The number of rotatable bonds is 8. The Hall–Kier alpha value is -4.29. The van der Waals surface area contributed by atoms with Crippen LogP contribution in [0.5, 0.6) is 5.88 Å². The zero-order chi connectivity index (χ0) is 34.0. The van der Waals surface area contributed by atoms with Crippen LogP contribution in [0.2, 0.25) is 0 Å². The van der Waals surface area contributed by atoms with Gasteiger partial charge in [0, 0.05) is 31.0 Å². The average Bonchev–Trinajstić information content (AvgIpc) is 4.03. The summed E-state index contributed by atoms with van der Waals surface area (Å²) < 4.78 is 34.2. The van der Waals surface area contributed by atoms with Crippen LogP contribution in [-0.4, -0.2) is 71.5 Å². The molecule has 258 valence electrons. The Kier molecular flexibility index (Phi) is 9.43. The van der Waals surface area contributed by atoms with Crippen LogP contribution < -0.4 is 20.1 Å². The van der Waals surface area contributed by atoms with Crippen molar-refractivity contribution in [2.75, 3.05) is 6.54 Å². The normalized spacial score (nSPS) is 27.5. The lowest BCUT2D eigenvalue weighted by Gasteiger charge is -2.29. The minimum absolute atomic E-state index is 0.156. The van der Waals surface area contributed by atoms with E-state index in [2.05, 4.69) is 20.3 Å². The van der Waals surface area contributed by atoms with Gasteiger partial charge in [0.25, 0.3) is 5.91 Å². The number of sulfonamides is 1. The highest BCUT2D eigenvalue weighted by Gasteiger charge is 2.59. The number of hydrogen-bond donors (Lipinski definition) is 3. The van der Waals surface area contributed by atoms with E-state index in [1.54, 1.807) is 11.1 Å². The van der Waals surface area contributed by atoms with Gasteiger partial charge >= 0.3 is 0 Å². The molecule has 0 spiro atoms. The summed E-state index contributed by atoms with van der Waals surface area (Å²) in [7, 11) is -3.83. The van der Waals surface area contributed by atoms with Gasteiger partial charge in [0.2, 0.25) is 27.7 Å². The maximum atomic E-state index is 14.5. The largest absolute Gasteiger partial charge is 0.472 e. The maximum absolute atomic E-state index is 14.5. The molecule has 0 unspecified atom stereocenters. The molecule has 4 atom stereocenters. The third-order valence-electron chi connectivity index (χ3n) is 10.1. The van der Waals surface area contributed by atoms with Crippen LogP contribution in [0.4, 0.5) is 0 Å². The van der Waals surface area contributed by atoms with E-state index in [1.807, 2.05) is 66.7 Å². The van der Waals surface area contributed by atoms with Gasteiger partial charge in [-0.15, -0.1) is 0 Å². The van der Waals surface area contributed by atoms with Gasteiger partial charge in [-0.3, -0.25) is 19.1 Å². The highest BCUT2D eigenvalue weighted by Crippen LogP contribution is 2.45. The molecule has 2 aliphatic heterocycles. The van der Waals surface area contributed by atoms with Crippen LogP contribution >= 0.6 is 0 Å². The fourth-order valence-corrected chi connectivity index (χ4v) is 8.41. The first-order valence-corrected chi connectivity index (χ1v) is 18.9. The molecule has 2 saturated carbocycles. The quantitative estimate of drug-likeness (QED) is 0.303. The van der Waals surface area contributed by atoms with Crippen molar-refractivity contribution >= 4 is 38.5 Å². The van der Waals surface area contributed by atoms with Crippen molar-refractivity contribution in [1.29, 1.82) is 0 Å². The van der Waals surface area contributed by atoms with E-state index in [0.29, 0.717) is 43.7 Å². The van der Waals surface area contributed by atoms with E-state index >= 15 is 0 Å². The highest BCUT2D eigenvalue weighted by atomic mass is 32.2. The molecule has 11 nitrogen and oxygen atoms in total. The van der Waals surface area contributed by atoms with Crippen LogP contribution in [0, 0.1) is 0 Å². The van der Waals surface area contributed by atoms with E-state index in [-0.39, 0.29) is 25.3 Å². The molecule has 3 N–H and O–H groups in total. The second-order valence-electron chi connectivity index (χ2n) is 13.7. The van der Waals surface area contributed by atoms with E-state index in [0.717, 1.165) is 42.0 Å². The Labute approximate surface area is 286 Å². The third kappa shape index (κ3) is 7.35. The van der Waals surface area contributed by atoms with Gasteiger partial charge in [-0.1, -0.05) is 73.9 Å². The summed E-state index contributed by atoms with van der Waals surface area (Å²) in [6.45, 7) is 0.650. The number of benzene rings is 2. The molecule has 0 radical (unpaired) electrons. The smallest absolute Gasteiger partial charge is 0.263 e. The Morgan fingerprint density at radius 3 is 2.57 bits per heavy atom. The standard InChI is InChI=1S/C37H43N5O6S/c43-33-32-21-28(48-34-30-15-10-9-13-26(30)19-20-38-34)24-42(32)35(44)31(39-23-25-11-5-4-6-12-25)16-8-3-1-2-7-14-27-22-37(27,40-33)36(45)41-49(46,47)29-17-18-29/h4-6,9-15,19-20,28-29,31-32,39H,1-3,7-8,16-18,21-24H2,(H,40,43)(H,41,45)/b27-14+/t28-,31+,32+,37-/m1/s1. The second kappa shape index (κ2) is 13.9. The number of ether oxygens (including phenoxy) is 1. The van der Waals surface area contributed by atoms with Crippen molar-refractivity contribution in [3.63, 3.8) is 0 Å². The van der Waals surface area contributed by atoms with Gasteiger partial charge < -0.3 is 20.3 Å². The maximum Gasteiger partial charge on any atom is 0.263 e. The van der Waals surface area contributed by atoms with Gasteiger partial charge in [0.15, 0.2) is 0 Å². The van der Waals surface area contributed by atoms with E-state index < -0.39 is 50.8 Å². The Balaban J connectivity index is 1.18. The minimum atomic E-state index is -3.83. The first kappa shape index (κ1) is 33.2. The van der Waals surface area contributed by atoms with Crippen molar-refractivity contribution in [2.45, 2.75) is 99.7 Å². The molecule has 1 aromatic heterocycles. The molecule has 0 bridgehead atoms. The number of fused-ring (bicyclic) bond motifs is 3. The van der Waals surface area contributed by atoms with Gasteiger partial charge in [0.05, 0.1) is 17.8 Å². The van der Waals surface area contributed by atoms with E-state index in [1.165, 1.54) is 0 Å². The average molecular weight is 686 g/mol. The van der Waals surface area contributed by atoms with Crippen molar-refractivity contribution in [3.8, 4) is 5.88 Å². The molecule has 3 heterocycles. The molecule has 4 aliphatic rings. The van der Waals surface area contributed by atoms with Crippen molar-refractivity contribution in [1.82, 2.24) is 25.2 Å². The molecular weight excluding hydrogens is 643 g/mol. The summed E-state index contributed by atoms with van der Waals surface area (Å²) in [6, 6.07) is 18.0. The predicted octanol–water partition coefficient (Wildman–Crippen LogP) is 3.89. The summed E-state index contributed by atoms with van der Waals surface area (Å²) in [5, 5.41) is 7.60. The van der Waals surface area contributed by atoms with Crippen LogP contribution in [0.15, 0.2) is 78.5 Å². The molecule has 2 aliphatic carbocycles. The monoisotopic (exact) mass is 685 g/mol. The number of nitrogens with one attached hydrogen (secondary N) is 3. The molecule has 49 heavy (non-hydrogen) atoms. The first-order valence-electron chi connectivity index (χ1n) is 17.4. The van der Waals surface area contributed by atoms with Gasteiger partial charge in [-0.2, -0.15) is 0 Å². The number of carbonyl (C=O) groups is 3. The number of aromatic nitrogens is 1. The summed E-state index contributed by atoms with van der Waals surface area (Å²) in [4.78, 5) is 48.4. The number of pyridine rings is 1.